The van der Waals surface area contributed by atoms with Crippen LogP contribution in [0.2, 0.25) is 0 Å². The quantitative estimate of drug-likeness (QED) is 0.216. The zero-order chi connectivity index (χ0) is 9.72. The van der Waals surface area contributed by atoms with Crippen LogP contribution < -0.4 is 17.0 Å². The van der Waals surface area contributed by atoms with Gasteiger partial charge in [-0.25, -0.2) is 0 Å². The van der Waals surface area contributed by atoms with Crippen molar-refractivity contribution in [2.75, 3.05) is 0 Å². The first kappa shape index (κ1) is 10.7. The minimum absolute atomic E-state index is 0.404. The molecule has 0 aliphatic carbocycles. The van der Waals surface area contributed by atoms with Crippen molar-refractivity contribution in [2.45, 2.75) is 20.8 Å². The van der Waals surface area contributed by atoms with E-state index in [9.17, 15) is 0 Å². The number of rotatable bonds is 3. The molecule has 0 heterocycles. The molecule has 0 radical (unpaired) electrons. The lowest BCUT2D eigenvalue weighted by molar-refractivity contribution is 0.896. The summed E-state index contributed by atoms with van der Waals surface area (Å²) in [5.74, 6) is 5.26. The molecule has 0 aliphatic rings. The molecule has 0 fully saturated rings. The van der Waals surface area contributed by atoms with Gasteiger partial charge in [-0.2, -0.15) is 0 Å². The number of hydrogen-bond donors (Lipinski definition) is 4. The smallest absolute Gasteiger partial charge is 0.0550 e. The fraction of sp³-hybridized carbons (Fsp3) is 0.375. The second-order valence-corrected chi connectivity index (χ2v) is 2.53. The molecular formula is C8H16N4. The molecule has 0 aromatic heterocycles. The molecule has 0 unspecified atom stereocenters. The zero-order valence-electron chi connectivity index (χ0n) is 7.73. The number of nitrogens with one attached hydrogen (secondary N) is 2. The van der Waals surface area contributed by atoms with Crippen molar-refractivity contribution in [2.24, 2.45) is 11.6 Å². The topological polar surface area (TPSA) is 87.9 Å². The molecule has 12 heavy (non-hydrogen) atoms. The van der Waals surface area contributed by atoms with E-state index in [1.54, 1.807) is 19.9 Å². The summed E-state index contributed by atoms with van der Waals surface area (Å²) in [6.07, 6.45) is 1.78. The summed E-state index contributed by atoms with van der Waals surface area (Å²) < 4.78 is 0. The Labute approximate surface area is 72.8 Å². The van der Waals surface area contributed by atoms with Crippen LogP contribution in [-0.4, -0.2) is 5.71 Å². The molecule has 0 saturated heterocycles. The molecule has 4 heteroatoms. The lowest BCUT2D eigenvalue weighted by atomic mass is 10.1. The molecule has 4 nitrogen and oxygen atoms in total. The van der Waals surface area contributed by atoms with Gasteiger partial charge < -0.3 is 16.6 Å². The Morgan fingerprint density at radius 3 is 2.00 bits per heavy atom. The first-order valence-electron chi connectivity index (χ1n) is 3.69. The maximum atomic E-state index is 7.44. The van der Waals surface area contributed by atoms with Gasteiger partial charge in [0.25, 0.3) is 0 Å². The Morgan fingerprint density at radius 2 is 1.92 bits per heavy atom. The van der Waals surface area contributed by atoms with Crippen molar-refractivity contribution in [3.05, 3.63) is 23.0 Å². The van der Waals surface area contributed by atoms with Crippen molar-refractivity contribution in [3.8, 4) is 0 Å². The lowest BCUT2D eigenvalue weighted by Gasteiger charge is -2.11. The van der Waals surface area contributed by atoms with Crippen molar-refractivity contribution >= 4 is 5.71 Å². The molecule has 0 aromatic rings. The van der Waals surface area contributed by atoms with Crippen molar-refractivity contribution < 1.29 is 0 Å². The van der Waals surface area contributed by atoms with Crippen LogP contribution in [0.4, 0.5) is 0 Å². The van der Waals surface area contributed by atoms with Gasteiger partial charge in [-0.3, -0.25) is 5.84 Å². The van der Waals surface area contributed by atoms with E-state index in [1.165, 1.54) is 0 Å². The first-order chi connectivity index (χ1) is 5.54. The van der Waals surface area contributed by atoms with Crippen LogP contribution in [0.5, 0.6) is 0 Å². The van der Waals surface area contributed by atoms with Crippen molar-refractivity contribution in [1.82, 2.24) is 5.43 Å². The van der Waals surface area contributed by atoms with Crippen LogP contribution >= 0.6 is 0 Å². The van der Waals surface area contributed by atoms with E-state index in [0.717, 1.165) is 0 Å². The minimum atomic E-state index is 0.404. The highest BCUT2D eigenvalue weighted by Gasteiger charge is 2.07. The summed E-state index contributed by atoms with van der Waals surface area (Å²) in [4.78, 5) is 0. The largest absolute Gasteiger partial charge is 0.402 e. The first-order valence-corrected chi connectivity index (χ1v) is 3.69. The monoisotopic (exact) mass is 168 g/mol. The Balaban J connectivity index is 5.03. The third-order valence-electron chi connectivity index (χ3n) is 1.48. The number of hydrogen-bond acceptors (Lipinski definition) is 4. The molecule has 6 N–H and O–H groups in total. The van der Waals surface area contributed by atoms with E-state index in [4.69, 9.17) is 17.0 Å². The summed E-state index contributed by atoms with van der Waals surface area (Å²) in [5.41, 5.74) is 10.4. The Kier molecular flexibility index (Phi) is 4.07. The molecule has 0 aliphatic heterocycles. The maximum Gasteiger partial charge on any atom is 0.0550 e. The van der Waals surface area contributed by atoms with Gasteiger partial charge in [0.1, 0.15) is 0 Å². The predicted molar refractivity (Wildman–Crippen MR) is 51.4 cm³/mol. The van der Waals surface area contributed by atoms with Gasteiger partial charge in [-0.1, -0.05) is 6.08 Å². The highest BCUT2D eigenvalue weighted by molar-refractivity contribution is 6.00. The van der Waals surface area contributed by atoms with Crippen LogP contribution in [-0.2, 0) is 0 Å². The van der Waals surface area contributed by atoms with Crippen molar-refractivity contribution in [3.63, 3.8) is 0 Å². The molecule has 0 atom stereocenters. The molecular weight excluding hydrogens is 152 g/mol. The number of nitrogens with two attached hydrogens (primary N) is 2. The van der Waals surface area contributed by atoms with Gasteiger partial charge >= 0.3 is 0 Å². The average molecular weight is 168 g/mol. The van der Waals surface area contributed by atoms with Gasteiger partial charge in [-0.15, -0.1) is 0 Å². The summed E-state index contributed by atoms with van der Waals surface area (Å²) in [5, 5.41) is 7.44. The van der Waals surface area contributed by atoms with E-state index in [0.29, 0.717) is 22.7 Å². The van der Waals surface area contributed by atoms with E-state index in [2.05, 4.69) is 5.43 Å². The highest BCUT2D eigenvalue weighted by atomic mass is 15.2. The van der Waals surface area contributed by atoms with E-state index >= 15 is 0 Å². The fourth-order valence-electron chi connectivity index (χ4n) is 1.01. The molecule has 0 amide bonds. The van der Waals surface area contributed by atoms with E-state index < -0.39 is 0 Å². The molecule has 0 aromatic carbocycles. The second-order valence-electron chi connectivity index (χ2n) is 2.53. The Bertz CT molecular complexity index is 233. The van der Waals surface area contributed by atoms with Gasteiger partial charge in [-0.05, 0) is 20.8 Å². The van der Waals surface area contributed by atoms with Crippen molar-refractivity contribution in [1.29, 1.82) is 5.41 Å². The lowest BCUT2D eigenvalue weighted by Crippen LogP contribution is -2.25. The zero-order valence-corrected chi connectivity index (χ0v) is 7.73. The molecule has 68 valence electrons. The second kappa shape index (κ2) is 4.56. The minimum Gasteiger partial charge on any atom is -0.402 e. The Morgan fingerprint density at radius 1 is 1.42 bits per heavy atom. The average Bonchev–Trinajstić information content (AvgIpc) is 1.98. The standard InChI is InChI=1S/C8H16N4/c1-4-7(12-11)8(5(2)9)6(3)10/h4,9,12H,10-11H2,1-3H3/b7-4+,8-6+,9-5?. The predicted octanol–water partition coefficient (Wildman–Crippen LogP) is 0.626. The number of allylic oxidation sites excluding steroid dienone is 3. The molecule has 0 rings (SSSR count). The van der Waals surface area contributed by atoms with Crippen LogP contribution in [0.1, 0.15) is 20.8 Å². The highest BCUT2D eigenvalue weighted by Crippen LogP contribution is 2.09. The Hall–Kier alpha value is -1.29. The van der Waals surface area contributed by atoms with Gasteiger partial charge in [0.15, 0.2) is 0 Å². The maximum absolute atomic E-state index is 7.44. The number of hydrazine groups is 1. The fourth-order valence-corrected chi connectivity index (χ4v) is 1.01. The summed E-state index contributed by atoms with van der Waals surface area (Å²) in [6, 6.07) is 0. The summed E-state index contributed by atoms with van der Waals surface area (Å²) in [6.45, 7) is 5.25. The normalized spacial score (nSPS) is 13.8. The van der Waals surface area contributed by atoms with Gasteiger partial charge in [0.05, 0.1) is 5.70 Å². The molecule has 0 saturated carbocycles. The van der Waals surface area contributed by atoms with Gasteiger partial charge in [0.2, 0.25) is 0 Å². The SMILES string of the molecule is C/C=C(NN)\C(C(C)=N)=C(/C)N. The van der Waals surface area contributed by atoms with E-state index in [1.807, 2.05) is 6.92 Å². The molecule has 0 bridgehead atoms. The van der Waals surface area contributed by atoms with Crippen LogP contribution in [0.3, 0.4) is 0 Å². The van der Waals surface area contributed by atoms with E-state index in [-0.39, 0.29) is 0 Å². The molecule has 0 spiro atoms. The summed E-state index contributed by atoms with van der Waals surface area (Å²) >= 11 is 0. The van der Waals surface area contributed by atoms with Crippen LogP contribution in [0.15, 0.2) is 23.0 Å². The third kappa shape index (κ3) is 2.39. The van der Waals surface area contributed by atoms with Crippen LogP contribution in [0, 0.1) is 5.41 Å². The van der Waals surface area contributed by atoms with Crippen LogP contribution in [0.25, 0.3) is 0 Å². The summed E-state index contributed by atoms with van der Waals surface area (Å²) in [7, 11) is 0. The third-order valence-corrected chi connectivity index (χ3v) is 1.48. The van der Waals surface area contributed by atoms with Gasteiger partial charge in [0, 0.05) is 17.0 Å².